The van der Waals surface area contributed by atoms with E-state index in [1.165, 1.54) is 0 Å². The van der Waals surface area contributed by atoms with E-state index in [4.69, 9.17) is 4.74 Å². The second-order valence-corrected chi connectivity index (χ2v) is 16.5. The molecule has 0 atom stereocenters. The smallest absolute Gasteiger partial charge is 0.178 e. The van der Waals surface area contributed by atoms with Crippen LogP contribution in [0.1, 0.15) is 42.0 Å². The summed E-state index contributed by atoms with van der Waals surface area (Å²) in [6.07, 6.45) is 50.2. The first-order valence-corrected chi connectivity index (χ1v) is 23.3. The fraction of sp³-hybridized carbons (Fsp3) is 0.0794. The largest absolute Gasteiger partial charge is 0.448 e. The van der Waals surface area contributed by atoms with Gasteiger partial charge in [-0.25, -0.2) is 0 Å². The molecule has 2 bridgehead atoms. The van der Waals surface area contributed by atoms with Gasteiger partial charge in [0.15, 0.2) is 5.76 Å². The predicted molar refractivity (Wildman–Crippen MR) is 280 cm³/mol. The summed E-state index contributed by atoms with van der Waals surface area (Å²) in [5.41, 5.74) is 38.6. The molecule has 0 N–H and O–H groups in total. The molecule has 3 heterocycles. The number of hydrogen-bond acceptors (Lipinski definition) is 4. The third-order valence-corrected chi connectivity index (χ3v) is 12.1. The summed E-state index contributed by atoms with van der Waals surface area (Å²) in [6.45, 7) is 7.15. The number of hydrogen-bond donors (Lipinski definition) is 0. The average molecular weight is 877 g/mol. The van der Waals surface area contributed by atoms with E-state index in [0.29, 0.717) is 25.1 Å². The summed E-state index contributed by atoms with van der Waals surface area (Å²) >= 11 is 1.71. The lowest BCUT2D eigenvalue weighted by atomic mass is 9.95. The van der Waals surface area contributed by atoms with Crippen molar-refractivity contribution < 1.29 is 4.74 Å². The fourth-order valence-corrected chi connectivity index (χ4v) is 8.58. The van der Waals surface area contributed by atoms with Gasteiger partial charge in [-0.15, -0.1) is 46.1 Å². The number of rotatable bonds is 9. The van der Waals surface area contributed by atoms with E-state index < -0.39 is 0 Å². The molecule has 4 aliphatic carbocycles. The van der Waals surface area contributed by atoms with E-state index in [1.54, 1.807) is 18.0 Å². The summed E-state index contributed by atoms with van der Waals surface area (Å²) in [4.78, 5) is 8.11. The maximum Gasteiger partial charge on any atom is 0.178 e. The fourth-order valence-electron chi connectivity index (χ4n) is 7.99. The molecule has 9 rings (SSSR count). The second kappa shape index (κ2) is 20.9. The van der Waals surface area contributed by atoms with Crippen molar-refractivity contribution >= 4 is 34.2 Å². The molecule has 3 aliphatic heterocycles. The van der Waals surface area contributed by atoms with Crippen LogP contribution in [0.3, 0.4) is 0 Å². The highest BCUT2D eigenvalue weighted by molar-refractivity contribution is 8.02. The first-order valence-electron chi connectivity index (χ1n) is 22.1. The Morgan fingerprint density at radius 3 is 2.73 bits per heavy atom. The van der Waals surface area contributed by atoms with Crippen molar-refractivity contribution in [2.45, 2.75) is 19.8 Å². The van der Waals surface area contributed by atoms with Crippen LogP contribution in [0.25, 0.3) is 16.7 Å². The first-order chi connectivity index (χ1) is 33.1. The second-order valence-electron chi connectivity index (χ2n) is 15.6. The van der Waals surface area contributed by atoms with Gasteiger partial charge in [0.1, 0.15) is 5.75 Å². The Balaban J connectivity index is 1.06. The van der Waals surface area contributed by atoms with Crippen LogP contribution in [0.15, 0.2) is 284 Å². The van der Waals surface area contributed by atoms with E-state index in [2.05, 4.69) is 160 Å². The monoisotopic (exact) mass is 876 g/mol. The zero-order chi connectivity index (χ0) is 45.8. The molecule has 2 aromatic carbocycles. The quantitative estimate of drug-likeness (QED) is 0.143. The molecular weight excluding hydrogens is 833 g/mol. The van der Waals surface area contributed by atoms with E-state index in [-0.39, 0.29) is 0 Å². The molecule has 0 spiro atoms. The Hall–Kier alpha value is -8.60. The highest BCUT2D eigenvalue weighted by Crippen LogP contribution is 2.38. The summed E-state index contributed by atoms with van der Waals surface area (Å²) in [7, 11) is 0. The van der Waals surface area contributed by atoms with Crippen LogP contribution in [-0.4, -0.2) is 23.4 Å². The van der Waals surface area contributed by atoms with Crippen LogP contribution in [0, 0.1) is 11.8 Å². The lowest BCUT2D eigenvalue weighted by Gasteiger charge is -2.28. The van der Waals surface area contributed by atoms with Crippen LogP contribution in [0.2, 0.25) is 0 Å². The number of aliphatic imine (C=N–C) groups is 1. The Labute approximate surface area is 398 Å². The van der Waals surface area contributed by atoms with Crippen molar-refractivity contribution in [3.8, 4) is 17.6 Å². The highest BCUT2D eigenvalue weighted by atomic mass is 32.2. The molecular formula is C63H44N2OS. The molecule has 0 amide bonds. The third-order valence-electron chi connectivity index (χ3n) is 11.3. The zero-order valence-corrected chi connectivity index (χ0v) is 38.2. The summed E-state index contributed by atoms with van der Waals surface area (Å²) in [6, 6.07) is 14.5. The van der Waals surface area contributed by atoms with Crippen molar-refractivity contribution in [2.75, 3.05) is 12.8 Å². The summed E-state index contributed by atoms with van der Waals surface area (Å²) in [5, 5.41) is 0. The molecule has 0 saturated carbocycles. The third kappa shape index (κ3) is 10.2. The van der Waals surface area contributed by atoms with Crippen LogP contribution < -0.4 is 4.74 Å². The Morgan fingerprint density at radius 2 is 1.81 bits per heavy atom. The van der Waals surface area contributed by atoms with Crippen LogP contribution in [0.5, 0.6) is 5.75 Å². The van der Waals surface area contributed by atoms with Gasteiger partial charge in [0.2, 0.25) is 0 Å². The number of benzene rings is 2. The van der Waals surface area contributed by atoms with Gasteiger partial charge in [0, 0.05) is 81.4 Å². The van der Waals surface area contributed by atoms with Crippen molar-refractivity contribution in [1.29, 1.82) is 0 Å². The standard InChI is InChI=1S/C63H44N2OS/c1-4-21-49(57-30-14-15-31-58(57)60-32-13-8-16-40-64-60)25-18-27-52-42-50(26-19-33-63(52)67-3)48-34-37-56-46(2)22-10-9-17-41-65(61(56)38-35-48)54-28-20-29-55-44-53(43-54)59-45-51(36-39-62(59)66-55)47-23-11-6-5-7-12-24-47/h4-6,8-11,14-18,21-22,26,28-33,35-40,42-43,45H,2,7,27,41H2,1,3H3/b6-5-,17-9-,21-4-,22-10-,54-43+. The lowest BCUT2D eigenvalue weighted by molar-refractivity contribution is 0.441. The van der Waals surface area contributed by atoms with Crippen molar-refractivity contribution in [3.63, 3.8) is 0 Å². The number of thioether (sulfide) groups is 1. The van der Waals surface area contributed by atoms with Gasteiger partial charge < -0.3 is 9.64 Å². The minimum Gasteiger partial charge on any atom is -0.448 e. The van der Waals surface area contributed by atoms with Gasteiger partial charge in [0.25, 0.3) is 0 Å². The number of nitrogens with zero attached hydrogens (tertiary/aromatic N) is 2. The maximum atomic E-state index is 6.28. The van der Waals surface area contributed by atoms with Crippen LogP contribution in [0.4, 0.5) is 0 Å². The van der Waals surface area contributed by atoms with Gasteiger partial charge >= 0.3 is 0 Å². The molecule has 67 heavy (non-hydrogen) atoms. The molecule has 0 saturated heterocycles. The van der Waals surface area contributed by atoms with Crippen molar-refractivity contribution in [1.82, 2.24) is 4.90 Å². The molecule has 0 aromatic heterocycles. The molecule has 0 radical (unpaired) electrons. The number of ether oxygens (including phenoxy) is 1. The SMILES string of the molecule is C=C1/C=C\C=C/CN(/C2=C/C3=C=C(C=C=C2)Oc2ccc(C4=C=C/C=C\CC#C4)cc23)C2=C1C=C=C(C1=CC(CC=C=C(/C=C\C)c3ccccc3C3=NC=CC=C=C3)=C(SC)C=C=C1)C=C2. The van der Waals surface area contributed by atoms with Crippen LogP contribution >= 0.6 is 11.8 Å². The summed E-state index contributed by atoms with van der Waals surface area (Å²) in [5.74, 6) is 7.87. The zero-order valence-electron chi connectivity index (χ0n) is 37.4. The molecule has 0 unspecified atom stereocenters. The van der Waals surface area contributed by atoms with Crippen molar-refractivity contribution in [2.24, 2.45) is 4.99 Å². The average Bonchev–Trinajstić information content (AvgIpc) is 3.80. The molecule has 7 aliphatic rings. The number of allylic oxidation sites excluding steroid dienone is 23. The van der Waals surface area contributed by atoms with Gasteiger partial charge in [-0.1, -0.05) is 97.0 Å². The first kappa shape index (κ1) is 43.6. The molecule has 318 valence electrons. The highest BCUT2D eigenvalue weighted by Gasteiger charge is 2.22. The Bertz CT molecular complexity index is 3440. The summed E-state index contributed by atoms with van der Waals surface area (Å²) < 4.78 is 6.28. The minimum absolute atomic E-state index is 0.593. The normalized spacial score (nSPS) is 19.7. The van der Waals surface area contributed by atoms with Gasteiger partial charge in [-0.05, 0) is 132 Å². The number of fused-ring (bicyclic) bond motifs is 2. The maximum absolute atomic E-state index is 6.28. The van der Waals surface area contributed by atoms with Gasteiger partial charge in [0.05, 0.1) is 17.0 Å². The minimum atomic E-state index is 0.593. The lowest BCUT2D eigenvalue weighted by Crippen LogP contribution is -2.22. The van der Waals surface area contributed by atoms with Gasteiger partial charge in [-0.3, -0.25) is 4.99 Å². The van der Waals surface area contributed by atoms with E-state index in [9.17, 15) is 0 Å². The van der Waals surface area contributed by atoms with Crippen molar-refractivity contribution in [3.05, 3.63) is 301 Å². The van der Waals surface area contributed by atoms with Crippen LogP contribution in [-0.2, 0) is 0 Å². The topological polar surface area (TPSA) is 24.8 Å². The van der Waals surface area contributed by atoms with E-state index >= 15 is 0 Å². The molecule has 0 fully saturated rings. The molecule has 2 aromatic rings. The molecule has 4 heteroatoms. The van der Waals surface area contributed by atoms with E-state index in [0.717, 1.165) is 94.6 Å². The predicted octanol–water partition coefficient (Wildman–Crippen LogP) is 14.4. The Morgan fingerprint density at radius 1 is 0.881 bits per heavy atom. The van der Waals surface area contributed by atoms with Gasteiger partial charge in [-0.2, -0.15) is 0 Å². The Kier molecular flexibility index (Phi) is 13.6. The van der Waals surface area contributed by atoms with E-state index in [1.807, 2.05) is 98.0 Å². The molecule has 3 nitrogen and oxygen atoms in total.